The highest BCUT2D eigenvalue weighted by molar-refractivity contribution is 7.07. The van der Waals surface area contributed by atoms with Gasteiger partial charge in [-0.25, -0.2) is 0 Å². The van der Waals surface area contributed by atoms with Gasteiger partial charge in [0.2, 0.25) is 5.91 Å². The van der Waals surface area contributed by atoms with Crippen molar-refractivity contribution in [2.75, 3.05) is 6.54 Å². The molecule has 20 heavy (non-hydrogen) atoms. The molecular weight excluding hydrogens is 268 g/mol. The van der Waals surface area contributed by atoms with E-state index in [9.17, 15) is 4.79 Å². The molecule has 0 saturated heterocycles. The summed E-state index contributed by atoms with van der Waals surface area (Å²) in [5.74, 6) is 0.660. The highest BCUT2D eigenvalue weighted by Gasteiger charge is 2.44. The van der Waals surface area contributed by atoms with E-state index in [2.05, 4.69) is 42.9 Å². The van der Waals surface area contributed by atoms with Crippen molar-refractivity contribution in [3.63, 3.8) is 0 Å². The number of thiophene rings is 1. The number of carbonyl (C=O) groups excluding carboxylic acids is 1. The van der Waals surface area contributed by atoms with Crippen LogP contribution in [0.25, 0.3) is 0 Å². The minimum atomic E-state index is -0.0237. The van der Waals surface area contributed by atoms with E-state index in [1.165, 1.54) is 5.56 Å². The Bertz CT molecular complexity index is 441. The number of carbonyl (C=O) groups is 1. The minimum absolute atomic E-state index is 0.0237. The fourth-order valence-corrected chi connectivity index (χ4v) is 3.91. The fourth-order valence-electron chi connectivity index (χ4n) is 3.21. The first kappa shape index (κ1) is 15.5. The Morgan fingerprint density at radius 1 is 1.50 bits per heavy atom. The average Bonchev–Trinajstić information content (AvgIpc) is 2.89. The van der Waals surface area contributed by atoms with Crippen LogP contribution in [0.15, 0.2) is 16.8 Å². The zero-order chi connectivity index (χ0) is 14.8. The summed E-state index contributed by atoms with van der Waals surface area (Å²) in [5.41, 5.74) is 7.43. The summed E-state index contributed by atoms with van der Waals surface area (Å²) in [5, 5.41) is 7.32. The maximum atomic E-state index is 12.4. The lowest BCUT2D eigenvalue weighted by molar-refractivity contribution is -0.132. The van der Waals surface area contributed by atoms with Crippen LogP contribution in [0.5, 0.6) is 0 Å². The molecule has 1 fully saturated rings. The van der Waals surface area contributed by atoms with E-state index in [1.807, 2.05) is 0 Å². The molecule has 3 atom stereocenters. The van der Waals surface area contributed by atoms with Crippen molar-refractivity contribution < 1.29 is 4.79 Å². The van der Waals surface area contributed by atoms with E-state index in [0.717, 1.165) is 25.8 Å². The molecule has 0 aromatic carbocycles. The number of rotatable bonds is 4. The zero-order valence-electron chi connectivity index (χ0n) is 12.7. The third-order valence-corrected chi connectivity index (χ3v) is 5.84. The SMILES string of the molecule is CC1C(N)CCC(C(=O)NCCc2ccsc2)C1(C)C. The molecule has 112 valence electrons. The molecule has 3 unspecified atom stereocenters. The topological polar surface area (TPSA) is 55.1 Å². The molecule has 4 heteroatoms. The normalized spacial score (nSPS) is 29.1. The smallest absolute Gasteiger partial charge is 0.223 e. The molecule has 0 bridgehead atoms. The van der Waals surface area contributed by atoms with E-state index in [1.54, 1.807) is 11.3 Å². The van der Waals surface area contributed by atoms with Crippen molar-refractivity contribution in [3.05, 3.63) is 22.4 Å². The van der Waals surface area contributed by atoms with Gasteiger partial charge < -0.3 is 11.1 Å². The Kier molecular flexibility index (Phi) is 4.86. The summed E-state index contributed by atoms with van der Waals surface area (Å²) < 4.78 is 0. The van der Waals surface area contributed by atoms with Gasteiger partial charge in [0, 0.05) is 18.5 Å². The number of nitrogens with one attached hydrogen (secondary N) is 1. The zero-order valence-corrected chi connectivity index (χ0v) is 13.5. The van der Waals surface area contributed by atoms with E-state index in [4.69, 9.17) is 5.73 Å². The second kappa shape index (κ2) is 6.27. The Labute approximate surface area is 125 Å². The van der Waals surface area contributed by atoms with Crippen molar-refractivity contribution in [1.82, 2.24) is 5.32 Å². The third-order valence-electron chi connectivity index (χ3n) is 5.11. The van der Waals surface area contributed by atoms with E-state index in [0.29, 0.717) is 5.92 Å². The lowest BCUT2D eigenvalue weighted by atomic mass is 9.61. The van der Waals surface area contributed by atoms with Gasteiger partial charge in [-0.05, 0) is 53.0 Å². The van der Waals surface area contributed by atoms with Crippen LogP contribution in [0.4, 0.5) is 0 Å². The largest absolute Gasteiger partial charge is 0.356 e. The molecule has 0 radical (unpaired) electrons. The fraction of sp³-hybridized carbons (Fsp3) is 0.688. The molecule has 3 N–H and O–H groups in total. The van der Waals surface area contributed by atoms with Crippen LogP contribution >= 0.6 is 11.3 Å². The van der Waals surface area contributed by atoms with Gasteiger partial charge in [0.1, 0.15) is 0 Å². The molecular formula is C16H26N2OS. The van der Waals surface area contributed by atoms with Crippen LogP contribution in [0.3, 0.4) is 0 Å². The first-order chi connectivity index (χ1) is 9.43. The van der Waals surface area contributed by atoms with Gasteiger partial charge >= 0.3 is 0 Å². The van der Waals surface area contributed by atoms with Gasteiger partial charge in [-0.2, -0.15) is 11.3 Å². The van der Waals surface area contributed by atoms with Crippen LogP contribution in [-0.2, 0) is 11.2 Å². The standard InChI is InChI=1S/C16H26N2OS/c1-11-14(17)5-4-13(16(11,2)3)15(19)18-8-6-12-7-9-20-10-12/h7,9-11,13-14H,4-6,8,17H2,1-3H3,(H,18,19). The van der Waals surface area contributed by atoms with Crippen LogP contribution < -0.4 is 11.1 Å². The van der Waals surface area contributed by atoms with Crippen molar-refractivity contribution in [2.24, 2.45) is 23.0 Å². The summed E-state index contributed by atoms with van der Waals surface area (Å²) in [6, 6.07) is 2.34. The Morgan fingerprint density at radius 2 is 2.25 bits per heavy atom. The molecule has 3 nitrogen and oxygen atoms in total. The molecule has 0 aliphatic heterocycles. The van der Waals surface area contributed by atoms with E-state index < -0.39 is 0 Å². The summed E-state index contributed by atoms with van der Waals surface area (Å²) in [4.78, 5) is 12.4. The second-order valence-corrected chi connectivity index (χ2v) is 7.36. The maximum Gasteiger partial charge on any atom is 0.223 e. The number of hydrogen-bond donors (Lipinski definition) is 2. The van der Waals surface area contributed by atoms with Crippen molar-refractivity contribution in [3.8, 4) is 0 Å². The third kappa shape index (κ3) is 3.23. The molecule has 1 aromatic heterocycles. The number of nitrogens with two attached hydrogens (primary N) is 1. The first-order valence-corrected chi connectivity index (χ1v) is 8.41. The van der Waals surface area contributed by atoms with Gasteiger partial charge in [-0.1, -0.05) is 20.8 Å². The van der Waals surface area contributed by atoms with Crippen LogP contribution in [0.2, 0.25) is 0 Å². The molecule has 1 aliphatic rings. The Hall–Kier alpha value is -0.870. The predicted octanol–water partition coefficient (Wildman–Crippen LogP) is 2.81. The molecule has 2 rings (SSSR count). The van der Waals surface area contributed by atoms with Crippen LogP contribution in [-0.4, -0.2) is 18.5 Å². The Morgan fingerprint density at radius 3 is 2.90 bits per heavy atom. The summed E-state index contributed by atoms with van der Waals surface area (Å²) >= 11 is 1.70. The average molecular weight is 294 g/mol. The van der Waals surface area contributed by atoms with Crippen molar-refractivity contribution in [2.45, 2.75) is 46.1 Å². The van der Waals surface area contributed by atoms with E-state index >= 15 is 0 Å². The minimum Gasteiger partial charge on any atom is -0.356 e. The summed E-state index contributed by atoms with van der Waals surface area (Å²) in [6.45, 7) is 7.26. The van der Waals surface area contributed by atoms with Crippen LogP contribution in [0, 0.1) is 17.3 Å². The van der Waals surface area contributed by atoms with Gasteiger partial charge in [-0.15, -0.1) is 0 Å². The lowest BCUT2D eigenvalue weighted by Gasteiger charge is -2.46. The number of hydrogen-bond acceptors (Lipinski definition) is 3. The van der Waals surface area contributed by atoms with Gasteiger partial charge in [-0.3, -0.25) is 4.79 Å². The van der Waals surface area contributed by atoms with Crippen molar-refractivity contribution in [1.29, 1.82) is 0 Å². The molecule has 1 amide bonds. The summed E-state index contributed by atoms with van der Waals surface area (Å²) in [6.07, 6.45) is 2.77. The maximum absolute atomic E-state index is 12.4. The molecule has 1 saturated carbocycles. The molecule has 1 aromatic rings. The van der Waals surface area contributed by atoms with Crippen LogP contribution in [0.1, 0.15) is 39.2 Å². The van der Waals surface area contributed by atoms with Gasteiger partial charge in [0.25, 0.3) is 0 Å². The highest BCUT2D eigenvalue weighted by atomic mass is 32.1. The predicted molar refractivity (Wildman–Crippen MR) is 84.7 cm³/mol. The second-order valence-electron chi connectivity index (χ2n) is 6.58. The van der Waals surface area contributed by atoms with Gasteiger partial charge in [0.15, 0.2) is 0 Å². The molecule has 0 spiro atoms. The monoisotopic (exact) mass is 294 g/mol. The first-order valence-electron chi connectivity index (χ1n) is 7.47. The van der Waals surface area contributed by atoms with E-state index in [-0.39, 0.29) is 23.3 Å². The molecule has 1 heterocycles. The number of amides is 1. The quantitative estimate of drug-likeness (QED) is 0.897. The highest BCUT2D eigenvalue weighted by Crippen LogP contribution is 2.44. The summed E-state index contributed by atoms with van der Waals surface area (Å²) in [7, 11) is 0. The lowest BCUT2D eigenvalue weighted by Crippen LogP contribution is -2.51. The Balaban J connectivity index is 1.88. The van der Waals surface area contributed by atoms with Gasteiger partial charge in [0.05, 0.1) is 0 Å². The van der Waals surface area contributed by atoms with Crippen molar-refractivity contribution >= 4 is 17.2 Å². The molecule has 1 aliphatic carbocycles.